The molecule has 2 aliphatic rings. The third kappa shape index (κ3) is 4.26. The minimum Gasteiger partial charge on any atom is -0.308 e. The van der Waals surface area contributed by atoms with Crippen molar-refractivity contribution in [2.75, 3.05) is 5.75 Å². The Balaban J connectivity index is 1.44. The molecular weight excluding hydrogens is 278 g/mol. The van der Waals surface area contributed by atoms with Gasteiger partial charge in [-0.1, -0.05) is 26.2 Å². The van der Waals surface area contributed by atoms with Crippen molar-refractivity contribution in [3.8, 4) is 0 Å². The second-order valence-electron chi connectivity index (χ2n) is 6.55. The fourth-order valence-corrected chi connectivity index (χ4v) is 4.92. The third-order valence-corrected chi connectivity index (χ3v) is 6.20. The zero-order chi connectivity index (χ0) is 14.5. The molecule has 3 nitrogen and oxygen atoms in total. The summed E-state index contributed by atoms with van der Waals surface area (Å²) in [4.78, 5) is 0. The first-order valence-electron chi connectivity index (χ1n) is 8.74. The van der Waals surface area contributed by atoms with E-state index in [1.807, 2.05) is 0 Å². The first kappa shape index (κ1) is 15.4. The van der Waals surface area contributed by atoms with Crippen LogP contribution in [0.2, 0.25) is 0 Å². The molecule has 2 fully saturated rings. The monoisotopic (exact) mass is 307 g/mol. The molecule has 4 heteroatoms. The molecule has 1 aromatic heterocycles. The summed E-state index contributed by atoms with van der Waals surface area (Å²) < 4.78 is 2.22. The molecule has 2 unspecified atom stereocenters. The van der Waals surface area contributed by atoms with E-state index in [2.05, 4.69) is 40.9 Å². The summed E-state index contributed by atoms with van der Waals surface area (Å²) >= 11 is 2.13. The lowest BCUT2D eigenvalue weighted by Gasteiger charge is -2.21. The maximum Gasteiger partial charge on any atom is 0.0762 e. The van der Waals surface area contributed by atoms with E-state index in [-0.39, 0.29) is 0 Å². The molecule has 0 aromatic carbocycles. The summed E-state index contributed by atoms with van der Waals surface area (Å²) in [5.74, 6) is 1.25. The lowest BCUT2D eigenvalue weighted by atomic mass is 9.96. The minimum atomic E-state index is 0.657. The number of aromatic nitrogens is 2. The van der Waals surface area contributed by atoms with E-state index in [4.69, 9.17) is 5.10 Å². The number of rotatable bonds is 6. The molecule has 0 bridgehead atoms. The van der Waals surface area contributed by atoms with Crippen LogP contribution in [-0.4, -0.2) is 26.8 Å². The lowest BCUT2D eigenvalue weighted by Crippen LogP contribution is -2.26. The van der Waals surface area contributed by atoms with Crippen molar-refractivity contribution >= 4 is 11.8 Å². The normalized spacial score (nSPS) is 27.3. The number of hydrogen-bond donors (Lipinski definition) is 1. The summed E-state index contributed by atoms with van der Waals surface area (Å²) in [6.45, 7) is 3.21. The molecule has 0 amide bonds. The molecule has 2 atom stereocenters. The molecule has 0 spiro atoms. The van der Waals surface area contributed by atoms with Crippen LogP contribution in [0.4, 0.5) is 0 Å². The molecule has 2 saturated carbocycles. The molecule has 1 N–H and O–H groups in total. The molecular formula is C17H29N3S. The van der Waals surface area contributed by atoms with Crippen LogP contribution in [-0.2, 0) is 6.54 Å². The van der Waals surface area contributed by atoms with Crippen LogP contribution < -0.4 is 5.32 Å². The fourth-order valence-electron chi connectivity index (χ4n) is 3.78. The smallest absolute Gasteiger partial charge is 0.0762 e. The van der Waals surface area contributed by atoms with Gasteiger partial charge >= 0.3 is 0 Å². The quantitative estimate of drug-likeness (QED) is 0.856. The Morgan fingerprint density at radius 2 is 2.10 bits per heavy atom. The Bertz CT molecular complexity index is 425. The maximum absolute atomic E-state index is 4.80. The molecule has 3 rings (SSSR count). The van der Waals surface area contributed by atoms with Gasteiger partial charge in [0.1, 0.15) is 0 Å². The topological polar surface area (TPSA) is 29.9 Å². The van der Waals surface area contributed by atoms with E-state index >= 15 is 0 Å². The van der Waals surface area contributed by atoms with Gasteiger partial charge in [0.2, 0.25) is 0 Å². The Morgan fingerprint density at radius 1 is 1.24 bits per heavy atom. The highest BCUT2D eigenvalue weighted by Gasteiger charge is 2.24. The van der Waals surface area contributed by atoms with Gasteiger partial charge in [0.15, 0.2) is 0 Å². The zero-order valence-electron chi connectivity index (χ0n) is 13.3. The van der Waals surface area contributed by atoms with Gasteiger partial charge in [-0.25, -0.2) is 0 Å². The van der Waals surface area contributed by atoms with Gasteiger partial charge in [0.05, 0.1) is 11.7 Å². The van der Waals surface area contributed by atoms with E-state index in [0.717, 1.165) is 11.8 Å². The van der Waals surface area contributed by atoms with Crippen LogP contribution in [0, 0.1) is 0 Å². The largest absolute Gasteiger partial charge is 0.308 e. The van der Waals surface area contributed by atoms with E-state index < -0.39 is 0 Å². The van der Waals surface area contributed by atoms with Crippen LogP contribution in [0.15, 0.2) is 12.3 Å². The van der Waals surface area contributed by atoms with Gasteiger partial charge in [0.25, 0.3) is 0 Å². The van der Waals surface area contributed by atoms with Crippen molar-refractivity contribution in [3.63, 3.8) is 0 Å². The lowest BCUT2D eigenvalue weighted by molar-refractivity contribution is 0.327. The van der Waals surface area contributed by atoms with Crippen LogP contribution in [0.3, 0.4) is 0 Å². The summed E-state index contributed by atoms with van der Waals surface area (Å²) in [6, 6.07) is 3.56. The van der Waals surface area contributed by atoms with Gasteiger partial charge in [-0.3, -0.25) is 4.68 Å². The average Bonchev–Trinajstić information content (AvgIpc) is 3.16. The molecule has 0 radical (unpaired) electrons. The van der Waals surface area contributed by atoms with Crippen molar-refractivity contribution in [1.82, 2.24) is 15.1 Å². The van der Waals surface area contributed by atoms with Crippen molar-refractivity contribution in [1.29, 1.82) is 0 Å². The Labute approximate surface area is 133 Å². The van der Waals surface area contributed by atoms with Gasteiger partial charge in [-0.2, -0.15) is 16.9 Å². The third-order valence-electron chi connectivity index (χ3n) is 4.97. The number of thioether (sulfide) groups is 1. The minimum absolute atomic E-state index is 0.657. The predicted octanol–water partition coefficient (Wildman–Crippen LogP) is 4.15. The van der Waals surface area contributed by atoms with Crippen LogP contribution >= 0.6 is 11.8 Å². The van der Waals surface area contributed by atoms with Crippen LogP contribution in [0.5, 0.6) is 0 Å². The summed E-state index contributed by atoms with van der Waals surface area (Å²) in [5.41, 5.74) is 1.21. The fraction of sp³-hybridized carbons (Fsp3) is 0.824. The molecule has 1 aromatic rings. The van der Waals surface area contributed by atoms with E-state index in [0.29, 0.717) is 12.1 Å². The highest BCUT2D eigenvalue weighted by molar-refractivity contribution is 7.99. The number of hydrogen-bond acceptors (Lipinski definition) is 3. The van der Waals surface area contributed by atoms with Crippen molar-refractivity contribution < 1.29 is 0 Å². The van der Waals surface area contributed by atoms with E-state index in [1.54, 1.807) is 0 Å². The SMILES string of the molecule is CCSC1CCC(NCc2ccn(C3CCCCC3)n2)C1. The standard InChI is InChI=1S/C17H29N3S/c1-2-21-17-9-8-14(12-17)18-13-15-10-11-20(19-15)16-6-4-3-5-7-16/h10-11,14,16-18H,2-9,12-13H2,1H3. The maximum atomic E-state index is 4.80. The second-order valence-corrected chi connectivity index (χ2v) is 8.12. The Kier molecular flexibility index (Phi) is 5.64. The Hall–Kier alpha value is -0.480. The molecule has 118 valence electrons. The Morgan fingerprint density at radius 3 is 2.90 bits per heavy atom. The van der Waals surface area contributed by atoms with Gasteiger partial charge in [-0.05, 0) is 43.9 Å². The summed E-state index contributed by atoms with van der Waals surface area (Å²) in [7, 11) is 0. The average molecular weight is 308 g/mol. The highest BCUT2D eigenvalue weighted by Crippen LogP contribution is 2.30. The highest BCUT2D eigenvalue weighted by atomic mass is 32.2. The predicted molar refractivity (Wildman–Crippen MR) is 90.7 cm³/mol. The molecule has 21 heavy (non-hydrogen) atoms. The first-order valence-corrected chi connectivity index (χ1v) is 9.79. The van der Waals surface area contributed by atoms with Crippen molar-refractivity contribution in [2.24, 2.45) is 0 Å². The van der Waals surface area contributed by atoms with Crippen LogP contribution in [0.25, 0.3) is 0 Å². The van der Waals surface area contributed by atoms with Gasteiger partial charge < -0.3 is 5.32 Å². The molecule has 0 aliphatic heterocycles. The summed E-state index contributed by atoms with van der Waals surface area (Å²) in [6.07, 6.45) is 13.0. The number of nitrogens with one attached hydrogen (secondary N) is 1. The van der Waals surface area contributed by atoms with Gasteiger partial charge in [0, 0.05) is 24.0 Å². The molecule has 1 heterocycles. The first-order chi connectivity index (χ1) is 10.3. The second kappa shape index (κ2) is 7.68. The van der Waals surface area contributed by atoms with E-state index in [9.17, 15) is 0 Å². The zero-order valence-corrected chi connectivity index (χ0v) is 14.1. The van der Waals surface area contributed by atoms with E-state index in [1.165, 1.54) is 62.8 Å². The van der Waals surface area contributed by atoms with Crippen molar-refractivity contribution in [3.05, 3.63) is 18.0 Å². The molecule has 2 aliphatic carbocycles. The van der Waals surface area contributed by atoms with Crippen molar-refractivity contribution in [2.45, 2.75) is 82.2 Å². The summed E-state index contributed by atoms with van der Waals surface area (Å²) in [5, 5.41) is 9.39. The molecule has 0 saturated heterocycles. The van der Waals surface area contributed by atoms with Gasteiger partial charge in [-0.15, -0.1) is 0 Å². The number of nitrogens with zero attached hydrogens (tertiary/aromatic N) is 2. The van der Waals surface area contributed by atoms with Crippen LogP contribution in [0.1, 0.15) is 70.0 Å².